The van der Waals surface area contributed by atoms with Crippen molar-refractivity contribution in [3.8, 4) is 0 Å². The number of unbranched alkanes of at least 4 members (excludes halogenated alkanes) is 1. The zero-order valence-corrected chi connectivity index (χ0v) is 12.4. The molecule has 1 fully saturated rings. The molecule has 112 valence electrons. The first-order valence-corrected chi connectivity index (χ1v) is 7.08. The molecule has 4 nitrogen and oxygen atoms in total. The van der Waals surface area contributed by atoms with Crippen LogP contribution in [0.2, 0.25) is 0 Å². The van der Waals surface area contributed by atoms with Crippen LogP contribution in [0, 0.1) is 0 Å². The van der Waals surface area contributed by atoms with Crippen LogP contribution in [0.5, 0.6) is 0 Å². The number of halogens is 1. The summed E-state index contributed by atoms with van der Waals surface area (Å²) >= 11 is 0. The number of amides is 1. The Bertz CT molecular complexity index is 304. The van der Waals surface area contributed by atoms with Gasteiger partial charge in [0.05, 0.1) is 12.1 Å². The van der Waals surface area contributed by atoms with Crippen molar-refractivity contribution in [2.45, 2.75) is 77.3 Å². The number of likely N-dealkylation sites (tertiary alicyclic amines) is 1. The molecule has 1 aliphatic heterocycles. The van der Waals surface area contributed by atoms with Crippen molar-refractivity contribution in [3.63, 3.8) is 0 Å². The maximum Gasteiger partial charge on any atom is 0.410 e. The number of ether oxygens (including phenoxy) is 1. The molecule has 3 unspecified atom stereocenters. The van der Waals surface area contributed by atoms with E-state index >= 15 is 0 Å². The highest BCUT2D eigenvalue weighted by Crippen LogP contribution is 2.26. The van der Waals surface area contributed by atoms with E-state index in [0.29, 0.717) is 13.0 Å². The van der Waals surface area contributed by atoms with Gasteiger partial charge in [0.2, 0.25) is 0 Å². The summed E-state index contributed by atoms with van der Waals surface area (Å²) in [7, 11) is 0. The summed E-state index contributed by atoms with van der Waals surface area (Å²) < 4.78 is 19.4. The summed E-state index contributed by atoms with van der Waals surface area (Å²) in [4.78, 5) is 13.5. The predicted octanol–water partition coefficient (Wildman–Crippen LogP) is 2.89. The SMILES string of the molecule is CCCCC1C(F)C(O)CCN1C(=O)OC(C)(C)C. The van der Waals surface area contributed by atoms with E-state index in [-0.39, 0.29) is 6.42 Å². The van der Waals surface area contributed by atoms with Crippen molar-refractivity contribution >= 4 is 6.09 Å². The summed E-state index contributed by atoms with van der Waals surface area (Å²) in [6.07, 6.45) is -0.244. The summed E-state index contributed by atoms with van der Waals surface area (Å²) in [6, 6.07) is -0.571. The standard InChI is InChI=1S/C14H26FNO3/c1-5-6-7-10-12(15)11(17)8-9-16(10)13(18)19-14(2,3)4/h10-12,17H,5-9H2,1-4H3. The highest BCUT2D eigenvalue weighted by molar-refractivity contribution is 5.68. The van der Waals surface area contributed by atoms with E-state index in [1.807, 2.05) is 6.92 Å². The van der Waals surface area contributed by atoms with Crippen molar-refractivity contribution < 1.29 is 19.0 Å². The monoisotopic (exact) mass is 275 g/mol. The number of rotatable bonds is 3. The smallest absolute Gasteiger partial charge is 0.410 e. The molecular formula is C14H26FNO3. The van der Waals surface area contributed by atoms with Gasteiger partial charge in [-0.2, -0.15) is 0 Å². The lowest BCUT2D eigenvalue weighted by Gasteiger charge is -2.40. The quantitative estimate of drug-likeness (QED) is 0.861. The van der Waals surface area contributed by atoms with Gasteiger partial charge in [0.15, 0.2) is 0 Å². The molecule has 0 saturated carbocycles. The van der Waals surface area contributed by atoms with Gasteiger partial charge in [0.1, 0.15) is 11.8 Å². The Morgan fingerprint density at radius 1 is 1.47 bits per heavy atom. The van der Waals surface area contributed by atoms with E-state index in [4.69, 9.17) is 4.74 Å². The molecular weight excluding hydrogens is 249 g/mol. The third-order valence-corrected chi connectivity index (χ3v) is 3.28. The lowest BCUT2D eigenvalue weighted by Crippen LogP contribution is -2.55. The molecule has 5 heteroatoms. The molecule has 0 aliphatic carbocycles. The largest absolute Gasteiger partial charge is 0.444 e. The minimum absolute atomic E-state index is 0.267. The summed E-state index contributed by atoms with van der Waals surface area (Å²) in [5.74, 6) is 0. The number of carbonyl (C=O) groups excluding carboxylic acids is 1. The normalized spacial score (nSPS) is 28.3. The van der Waals surface area contributed by atoms with Crippen LogP contribution in [0.4, 0.5) is 9.18 Å². The number of aliphatic hydroxyl groups excluding tert-OH is 1. The van der Waals surface area contributed by atoms with E-state index in [9.17, 15) is 14.3 Å². The molecule has 0 spiro atoms. The Labute approximate surface area is 114 Å². The molecule has 1 N–H and O–H groups in total. The Hall–Kier alpha value is -0.840. The summed E-state index contributed by atoms with van der Waals surface area (Å²) in [5, 5.41) is 9.63. The fraction of sp³-hybridized carbons (Fsp3) is 0.929. The maximum absolute atomic E-state index is 14.1. The second-order valence-electron chi connectivity index (χ2n) is 6.18. The van der Waals surface area contributed by atoms with Crippen LogP contribution in [0.3, 0.4) is 0 Å². The van der Waals surface area contributed by atoms with Gasteiger partial charge in [-0.15, -0.1) is 0 Å². The van der Waals surface area contributed by atoms with E-state index in [0.717, 1.165) is 12.8 Å². The Morgan fingerprint density at radius 2 is 2.11 bits per heavy atom. The average Bonchev–Trinajstić information content (AvgIpc) is 2.28. The maximum atomic E-state index is 14.1. The molecule has 19 heavy (non-hydrogen) atoms. The minimum atomic E-state index is -1.38. The zero-order chi connectivity index (χ0) is 14.6. The van der Waals surface area contributed by atoms with Gasteiger partial charge in [0, 0.05) is 6.54 Å². The highest BCUT2D eigenvalue weighted by Gasteiger charge is 2.40. The van der Waals surface area contributed by atoms with Gasteiger partial charge in [-0.25, -0.2) is 9.18 Å². The van der Waals surface area contributed by atoms with Gasteiger partial charge in [-0.1, -0.05) is 19.8 Å². The molecule has 1 rings (SSSR count). The van der Waals surface area contributed by atoms with E-state index in [1.165, 1.54) is 4.90 Å². The van der Waals surface area contributed by atoms with Gasteiger partial charge in [0.25, 0.3) is 0 Å². The lowest BCUT2D eigenvalue weighted by atomic mass is 9.93. The lowest BCUT2D eigenvalue weighted by molar-refractivity contribution is -0.0493. The molecule has 0 radical (unpaired) electrons. The third-order valence-electron chi connectivity index (χ3n) is 3.28. The van der Waals surface area contributed by atoms with Crippen molar-refractivity contribution in [3.05, 3.63) is 0 Å². The van der Waals surface area contributed by atoms with Crippen LogP contribution >= 0.6 is 0 Å². The molecule has 0 bridgehead atoms. The third kappa shape index (κ3) is 4.64. The molecule has 1 amide bonds. The van der Waals surface area contributed by atoms with Gasteiger partial charge in [-0.05, 0) is 33.6 Å². The molecule has 1 aliphatic rings. The van der Waals surface area contributed by atoms with Crippen molar-refractivity contribution in [2.24, 2.45) is 0 Å². The van der Waals surface area contributed by atoms with Crippen molar-refractivity contribution in [2.75, 3.05) is 6.54 Å². The second-order valence-corrected chi connectivity index (χ2v) is 6.18. The van der Waals surface area contributed by atoms with Crippen LogP contribution < -0.4 is 0 Å². The number of aliphatic hydroxyl groups is 1. The predicted molar refractivity (Wildman–Crippen MR) is 71.8 cm³/mol. The Kier molecular flexibility index (Phi) is 5.59. The number of piperidine rings is 1. The van der Waals surface area contributed by atoms with Crippen molar-refractivity contribution in [1.29, 1.82) is 0 Å². The van der Waals surface area contributed by atoms with Gasteiger partial charge >= 0.3 is 6.09 Å². The van der Waals surface area contributed by atoms with Crippen LogP contribution in [-0.2, 0) is 4.74 Å². The van der Waals surface area contributed by atoms with Crippen LogP contribution in [0.1, 0.15) is 53.4 Å². The topological polar surface area (TPSA) is 49.8 Å². The first-order valence-electron chi connectivity index (χ1n) is 7.08. The number of alkyl halides is 1. The van der Waals surface area contributed by atoms with Crippen molar-refractivity contribution in [1.82, 2.24) is 4.90 Å². The Balaban J connectivity index is 2.74. The molecule has 3 atom stereocenters. The number of hydrogen-bond acceptors (Lipinski definition) is 3. The molecule has 1 heterocycles. The number of hydrogen-bond donors (Lipinski definition) is 1. The van der Waals surface area contributed by atoms with E-state index < -0.39 is 30.0 Å². The van der Waals surface area contributed by atoms with Gasteiger partial charge in [-0.3, -0.25) is 0 Å². The number of carbonyl (C=O) groups is 1. The molecule has 0 aromatic rings. The first kappa shape index (κ1) is 16.2. The highest BCUT2D eigenvalue weighted by atomic mass is 19.1. The Morgan fingerprint density at radius 3 is 2.63 bits per heavy atom. The minimum Gasteiger partial charge on any atom is -0.444 e. The summed E-state index contributed by atoms with van der Waals surface area (Å²) in [5.41, 5.74) is -0.589. The van der Waals surface area contributed by atoms with E-state index in [2.05, 4.69) is 0 Å². The zero-order valence-electron chi connectivity index (χ0n) is 12.4. The van der Waals surface area contributed by atoms with Crippen LogP contribution in [-0.4, -0.2) is 46.6 Å². The molecule has 1 saturated heterocycles. The second kappa shape index (κ2) is 6.55. The number of nitrogens with zero attached hydrogens (tertiary/aromatic N) is 1. The van der Waals surface area contributed by atoms with Gasteiger partial charge < -0.3 is 14.7 Å². The fourth-order valence-corrected chi connectivity index (χ4v) is 2.30. The van der Waals surface area contributed by atoms with Crippen LogP contribution in [0.25, 0.3) is 0 Å². The average molecular weight is 275 g/mol. The van der Waals surface area contributed by atoms with Crippen LogP contribution in [0.15, 0.2) is 0 Å². The summed E-state index contributed by atoms with van der Waals surface area (Å²) in [6.45, 7) is 7.74. The molecule has 0 aromatic heterocycles. The molecule has 0 aromatic carbocycles. The first-order chi connectivity index (χ1) is 8.76. The fourth-order valence-electron chi connectivity index (χ4n) is 2.30. The van der Waals surface area contributed by atoms with E-state index in [1.54, 1.807) is 20.8 Å².